The van der Waals surface area contributed by atoms with Crippen LogP contribution < -0.4 is 5.32 Å². The van der Waals surface area contributed by atoms with E-state index in [0.717, 1.165) is 38.2 Å². The van der Waals surface area contributed by atoms with Gasteiger partial charge in [0.15, 0.2) is 0 Å². The predicted molar refractivity (Wildman–Crippen MR) is 84.1 cm³/mol. The van der Waals surface area contributed by atoms with Crippen LogP contribution in [0.25, 0.3) is 0 Å². The molecular formula is C16H28N4O. The molecule has 1 aliphatic rings. The van der Waals surface area contributed by atoms with Crippen molar-refractivity contribution in [2.45, 2.75) is 53.1 Å². The van der Waals surface area contributed by atoms with E-state index in [1.807, 2.05) is 20.8 Å². The number of nitrogens with one attached hydrogen (secondary N) is 1. The summed E-state index contributed by atoms with van der Waals surface area (Å²) < 4.78 is 2.13. The van der Waals surface area contributed by atoms with Crippen molar-refractivity contribution in [3.8, 4) is 0 Å². The second kappa shape index (κ2) is 7.07. The first-order valence-corrected chi connectivity index (χ1v) is 7.97. The van der Waals surface area contributed by atoms with E-state index in [2.05, 4.69) is 33.0 Å². The molecule has 0 spiro atoms. The molecule has 0 unspecified atom stereocenters. The molecule has 5 heteroatoms. The highest BCUT2D eigenvalue weighted by molar-refractivity contribution is 5.78. The number of aromatic nitrogens is 2. The largest absolute Gasteiger partial charge is 0.353 e. The zero-order valence-electron chi connectivity index (χ0n) is 13.7. The molecule has 1 saturated heterocycles. The molecule has 1 fully saturated rings. The highest BCUT2D eigenvalue weighted by atomic mass is 16.2. The average molecular weight is 292 g/mol. The number of amides is 1. The van der Waals surface area contributed by atoms with Crippen LogP contribution >= 0.6 is 0 Å². The summed E-state index contributed by atoms with van der Waals surface area (Å²) in [6.07, 6.45) is 2.29. The molecule has 0 aromatic carbocycles. The molecule has 2 heterocycles. The van der Waals surface area contributed by atoms with E-state index in [1.165, 1.54) is 5.69 Å². The normalized spacial score (nSPS) is 17.4. The first kappa shape index (κ1) is 16.0. The zero-order chi connectivity index (χ0) is 15.4. The number of rotatable bonds is 5. The van der Waals surface area contributed by atoms with Gasteiger partial charge < -0.3 is 5.32 Å². The van der Waals surface area contributed by atoms with Crippen molar-refractivity contribution < 1.29 is 4.79 Å². The summed E-state index contributed by atoms with van der Waals surface area (Å²) in [4.78, 5) is 14.0. The van der Waals surface area contributed by atoms with Gasteiger partial charge in [0.05, 0.1) is 12.2 Å². The van der Waals surface area contributed by atoms with Crippen molar-refractivity contribution >= 4 is 5.91 Å². The monoisotopic (exact) mass is 292 g/mol. The molecule has 1 aromatic heterocycles. The van der Waals surface area contributed by atoms with Gasteiger partial charge in [-0.3, -0.25) is 14.4 Å². The first-order chi connectivity index (χ1) is 9.94. The number of likely N-dealkylation sites (tertiary alicyclic amines) is 1. The van der Waals surface area contributed by atoms with Crippen molar-refractivity contribution in [2.24, 2.45) is 5.92 Å². The lowest BCUT2D eigenvalue weighted by Crippen LogP contribution is -2.43. The van der Waals surface area contributed by atoms with Gasteiger partial charge in [0, 0.05) is 18.3 Å². The number of hydrogen-bond acceptors (Lipinski definition) is 3. The Morgan fingerprint density at radius 3 is 2.57 bits per heavy atom. The van der Waals surface area contributed by atoms with Gasteiger partial charge in [-0.2, -0.15) is 5.10 Å². The predicted octanol–water partition coefficient (Wildman–Crippen LogP) is 1.74. The number of hydrogen-bond donors (Lipinski definition) is 1. The quantitative estimate of drug-likeness (QED) is 0.899. The molecule has 1 N–H and O–H groups in total. The zero-order valence-corrected chi connectivity index (χ0v) is 13.7. The molecule has 0 saturated carbocycles. The van der Waals surface area contributed by atoms with E-state index in [9.17, 15) is 4.79 Å². The minimum Gasteiger partial charge on any atom is -0.353 e. The van der Waals surface area contributed by atoms with Crippen molar-refractivity contribution in [3.05, 3.63) is 17.5 Å². The average Bonchev–Trinajstić information content (AvgIpc) is 2.69. The van der Waals surface area contributed by atoms with Crippen molar-refractivity contribution in [2.75, 3.05) is 19.6 Å². The number of piperidine rings is 1. The van der Waals surface area contributed by atoms with Gasteiger partial charge in [-0.1, -0.05) is 0 Å². The smallest absolute Gasteiger partial charge is 0.234 e. The maximum atomic E-state index is 11.8. The summed E-state index contributed by atoms with van der Waals surface area (Å²) in [6.45, 7) is 11.7. The van der Waals surface area contributed by atoms with Crippen LogP contribution in [0.4, 0.5) is 0 Å². The Morgan fingerprint density at radius 1 is 1.38 bits per heavy atom. The maximum absolute atomic E-state index is 11.8. The van der Waals surface area contributed by atoms with Gasteiger partial charge in [-0.25, -0.2) is 0 Å². The van der Waals surface area contributed by atoms with Crippen LogP contribution in [0.15, 0.2) is 6.07 Å². The topological polar surface area (TPSA) is 50.2 Å². The molecule has 0 bridgehead atoms. The van der Waals surface area contributed by atoms with E-state index in [4.69, 9.17) is 0 Å². The molecule has 5 nitrogen and oxygen atoms in total. The Bertz CT molecular complexity index is 473. The van der Waals surface area contributed by atoms with Crippen molar-refractivity contribution in [3.63, 3.8) is 0 Å². The molecule has 0 radical (unpaired) electrons. The van der Waals surface area contributed by atoms with Gasteiger partial charge in [-0.05, 0) is 65.6 Å². The Labute approximate surface area is 127 Å². The van der Waals surface area contributed by atoms with Crippen LogP contribution in [0.2, 0.25) is 0 Å². The lowest BCUT2D eigenvalue weighted by molar-refractivity contribution is -0.123. The summed E-state index contributed by atoms with van der Waals surface area (Å²) >= 11 is 0. The van der Waals surface area contributed by atoms with Gasteiger partial charge in [-0.15, -0.1) is 0 Å². The van der Waals surface area contributed by atoms with Gasteiger partial charge in [0.1, 0.15) is 0 Å². The van der Waals surface area contributed by atoms with E-state index in [-0.39, 0.29) is 11.9 Å². The SMILES string of the molecule is Cc1cc(C)n(CC2CCN(CC(=O)NC(C)C)CC2)n1. The second-order valence-corrected chi connectivity index (χ2v) is 6.55. The molecule has 21 heavy (non-hydrogen) atoms. The fraction of sp³-hybridized carbons (Fsp3) is 0.750. The lowest BCUT2D eigenvalue weighted by Gasteiger charge is -2.31. The van der Waals surface area contributed by atoms with Crippen LogP contribution in [0, 0.1) is 19.8 Å². The summed E-state index contributed by atoms with van der Waals surface area (Å²) in [5, 5.41) is 7.50. The highest BCUT2D eigenvalue weighted by Crippen LogP contribution is 2.19. The molecular weight excluding hydrogens is 264 g/mol. The first-order valence-electron chi connectivity index (χ1n) is 7.97. The van der Waals surface area contributed by atoms with E-state index >= 15 is 0 Å². The van der Waals surface area contributed by atoms with Crippen molar-refractivity contribution in [1.29, 1.82) is 0 Å². The lowest BCUT2D eigenvalue weighted by atomic mass is 9.97. The third kappa shape index (κ3) is 4.84. The highest BCUT2D eigenvalue weighted by Gasteiger charge is 2.21. The Morgan fingerprint density at radius 2 is 2.05 bits per heavy atom. The van der Waals surface area contributed by atoms with Crippen LogP contribution in [-0.2, 0) is 11.3 Å². The maximum Gasteiger partial charge on any atom is 0.234 e. The number of carbonyl (C=O) groups excluding carboxylic acids is 1. The molecule has 2 rings (SSSR count). The minimum atomic E-state index is 0.141. The van der Waals surface area contributed by atoms with E-state index in [1.54, 1.807) is 0 Å². The molecule has 1 aliphatic heterocycles. The summed E-state index contributed by atoms with van der Waals surface area (Å²) in [7, 11) is 0. The third-order valence-corrected chi connectivity index (χ3v) is 4.06. The van der Waals surface area contributed by atoms with Crippen LogP contribution in [-0.4, -0.2) is 46.3 Å². The van der Waals surface area contributed by atoms with Crippen LogP contribution in [0.1, 0.15) is 38.1 Å². The Hall–Kier alpha value is -1.36. The molecule has 118 valence electrons. The van der Waals surface area contributed by atoms with Crippen LogP contribution in [0.3, 0.4) is 0 Å². The van der Waals surface area contributed by atoms with Crippen molar-refractivity contribution in [1.82, 2.24) is 20.0 Å². The van der Waals surface area contributed by atoms with Gasteiger partial charge >= 0.3 is 0 Å². The summed E-state index contributed by atoms with van der Waals surface area (Å²) in [6, 6.07) is 2.35. The van der Waals surface area contributed by atoms with Gasteiger partial charge in [0.25, 0.3) is 0 Å². The standard InChI is InChI=1S/C16H28N4O/c1-12(2)17-16(21)11-19-7-5-15(6-8-19)10-20-14(4)9-13(3)18-20/h9,12,15H,5-8,10-11H2,1-4H3,(H,17,21). The van der Waals surface area contributed by atoms with E-state index < -0.39 is 0 Å². The van der Waals surface area contributed by atoms with E-state index in [0.29, 0.717) is 12.5 Å². The number of carbonyl (C=O) groups is 1. The second-order valence-electron chi connectivity index (χ2n) is 6.55. The Kier molecular flexibility index (Phi) is 5.39. The molecule has 1 amide bonds. The third-order valence-electron chi connectivity index (χ3n) is 4.06. The fourth-order valence-electron chi connectivity index (χ4n) is 3.00. The number of aryl methyl sites for hydroxylation is 2. The molecule has 1 aromatic rings. The van der Waals surface area contributed by atoms with Gasteiger partial charge in [0.2, 0.25) is 5.91 Å². The summed E-state index contributed by atoms with van der Waals surface area (Å²) in [5.74, 6) is 0.814. The minimum absolute atomic E-state index is 0.141. The summed E-state index contributed by atoms with van der Waals surface area (Å²) in [5.41, 5.74) is 2.33. The molecule has 0 atom stereocenters. The van der Waals surface area contributed by atoms with Crippen LogP contribution in [0.5, 0.6) is 0 Å². The Balaban J connectivity index is 1.75. The molecule has 0 aliphatic carbocycles. The fourth-order valence-corrected chi connectivity index (χ4v) is 3.00. The number of nitrogens with zero attached hydrogens (tertiary/aromatic N) is 3.